The molecule has 1 N–H and O–H groups in total. The van der Waals surface area contributed by atoms with Crippen LogP contribution in [-0.4, -0.2) is 31.9 Å². The Hall–Kier alpha value is -1.07. The van der Waals surface area contributed by atoms with Gasteiger partial charge in [-0.15, -0.1) is 0 Å². The Kier molecular flexibility index (Phi) is 3.14. The fourth-order valence-corrected chi connectivity index (χ4v) is 3.96. The molecule has 0 spiro atoms. The van der Waals surface area contributed by atoms with Gasteiger partial charge in [0.25, 0.3) is 0 Å². The topological polar surface area (TPSA) is 49.4 Å². The van der Waals surface area contributed by atoms with Gasteiger partial charge in [0.2, 0.25) is 10.0 Å². The number of fused-ring (bicyclic) bond motifs is 1. The van der Waals surface area contributed by atoms with Crippen LogP contribution in [0.4, 0.5) is 5.69 Å². The van der Waals surface area contributed by atoms with Crippen LogP contribution in [0.25, 0.3) is 0 Å². The third-order valence-electron chi connectivity index (χ3n) is 2.95. The van der Waals surface area contributed by atoms with Crippen LogP contribution in [0.5, 0.6) is 0 Å². The molecule has 2 rings (SSSR count). The molecule has 0 saturated carbocycles. The number of nitrogens with zero attached hydrogens (tertiary/aromatic N) is 1. The molecule has 0 aliphatic carbocycles. The van der Waals surface area contributed by atoms with Gasteiger partial charge in [0.15, 0.2) is 0 Å². The highest BCUT2D eigenvalue weighted by atomic mass is 32.2. The Morgan fingerprint density at radius 2 is 2.06 bits per heavy atom. The van der Waals surface area contributed by atoms with Crippen molar-refractivity contribution in [2.24, 2.45) is 0 Å². The molecule has 0 saturated heterocycles. The van der Waals surface area contributed by atoms with Gasteiger partial charge in [0.1, 0.15) is 4.90 Å². The molecule has 5 heteroatoms. The average Bonchev–Trinajstić information content (AvgIpc) is 2.36. The van der Waals surface area contributed by atoms with E-state index in [-0.39, 0.29) is 6.04 Å². The predicted octanol–water partition coefficient (Wildman–Crippen LogP) is 1.82. The molecule has 0 bridgehead atoms. The summed E-state index contributed by atoms with van der Waals surface area (Å²) in [6.45, 7) is 6.86. The highest BCUT2D eigenvalue weighted by Gasteiger charge is 2.31. The molecular formula is C12H18N2O2S. The Bertz CT molecular complexity index is 523. The van der Waals surface area contributed by atoms with Gasteiger partial charge in [-0.05, 0) is 38.5 Å². The summed E-state index contributed by atoms with van der Waals surface area (Å²) in [6, 6.07) is 5.48. The highest BCUT2D eigenvalue weighted by Crippen LogP contribution is 2.29. The maximum Gasteiger partial charge on any atom is 0.245 e. The third kappa shape index (κ3) is 2.17. The molecule has 0 aromatic heterocycles. The van der Waals surface area contributed by atoms with Crippen LogP contribution >= 0.6 is 0 Å². The van der Waals surface area contributed by atoms with Crippen LogP contribution in [0.15, 0.2) is 23.1 Å². The van der Waals surface area contributed by atoms with Gasteiger partial charge < -0.3 is 5.32 Å². The SMILES string of the molecule is Cc1ccc2c(c1)S(=O)(=O)N(C(C)C)CCN2. The van der Waals surface area contributed by atoms with Crippen molar-refractivity contribution in [1.82, 2.24) is 4.31 Å². The lowest BCUT2D eigenvalue weighted by atomic mass is 10.2. The first kappa shape index (κ1) is 12.4. The molecule has 17 heavy (non-hydrogen) atoms. The zero-order valence-electron chi connectivity index (χ0n) is 10.4. The van der Waals surface area contributed by atoms with Gasteiger partial charge >= 0.3 is 0 Å². The summed E-state index contributed by atoms with van der Waals surface area (Å²) in [5.41, 5.74) is 1.67. The fourth-order valence-electron chi connectivity index (χ4n) is 2.07. The molecule has 4 nitrogen and oxygen atoms in total. The second kappa shape index (κ2) is 4.31. The molecule has 1 aromatic rings. The van der Waals surface area contributed by atoms with Crippen molar-refractivity contribution in [2.75, 3.05) is 18.4 Å². The Balaban J connectivity index is 2.60. The minimum Gasteiger partial charge on any atom is -0.383 e. The Morgan fingerprint density at radius 3 is 2.71 bits per heavy atom. The molecule has 94 valence electrons. The lowest BCUT2D eigenvalue weighted by molar-refractivity contribution is 0.367. The minimum absolute atomic E-state index is 0.0201. The molecule has 1 heterocycles. The first-order chi connectivity index (χ1) is 7.93. The van der Waals surface area contributed by atoms with Crippen molar-refractivity contribution in [3.63, 3.8) is 0 Å². The molecule has 1 aromatic carbocycles. The zero-order valence-corrected chi connectivity index (χ0v) is 11.2. The molecule has 0 radical (unpaired) electrons. The predicted molar refractivity (Wildman–Crippen MR) is 68.7 cm³/mol. The summed E-state index contributed by atoms with van der Waals surface area (Å²) < 4.78 is 26.6. The number of anilines is 1. The van der Waals surface area contributed by atoms with E-state index in [1.807, 2.05) is 32.9 Å². The van der Waals surface area contributed by atoms with Crippen molar-refractivity contribution in [1.29, 1.82) is 0 Å². The largest absolute Gasteiger partial charge is 0.383 e. The lowest BCUT2D eigenvalue weighted by Gasteiger charge is -2.23. The van der Waals surface area contributed by atoms with E-state index >= 15 is 0 Å². The van der Waals surface area contributed by atoms with Crippen molar-refractivity contribution < 1.29 is 8.42 Å². The van der Waals surface area contributed by atoms with Crippen molar-refractivity contribution in [3.8, 4) is 0 Å². The smallest absolute Gasteiger partial charge is 0.245 e. The van der Waals surface area contributed by atoms with Crippen molar-refractivity contribution >= 4 is 15.7 Å². The second-order valence-electron chi connectivity index (χ2n) is 4.64. The summed E-state index contributed by atoms with van der Waals surface area (Å²) in [5, 5.41) is 3.17. The standard InChI is InChI=1S/C12H18N2O2S/c1-9(2)14-7-6-13-11-5-4-10(3)8-12(11)17(14,15)16/h4-5,8-9,13H,6-7H2,1-3H3. The lowest BCUT2D eigenvalue weighted by Crippen LogP contribution is -2.38. The monoisotopic (exact) mass is 254 g/mol. The molecule has 0 fully saturated rings. The number of hydrogen-bond donors (Lipinski definition) is 1. The van der Waals surface area contributed by atoms with Crippen LogP contribution in [0.3, 0.4) is 0 Å². The van der Waals surface area contributed by atoms with Crippen molar-refractivity contribution in [2.45, 2.75) is 31.7 Å². The molecule has 1 aliphatic heterocycles. The maximum absolute atomic E-state index is 12.5. The minimum atomic E-state index is -3.37. The first-order valence-corrected chi connectivity index (χ1v) is 7.23. The van der Waals surface area contributed by atoms with E-state index in [0.717, 1.165) is 5.56 Å². The van der Waals surface area contributed by atoms with E-state index in [0.29, 0.717) is 23.7 Å². The number of benzene rings is 1. The van der Waals surface area contributed by atoms with E-state index in [1.165, 1.54) is 0 Å². The number of sulfonamides is 1. The molecular weight excluding hydrogens is 236 g/mol. The second-order valence-corrected chi connectivity index (χ2v) is 6.49. The number of hydrogen-bond acceptors (Lipinski definition) is 3. The quantitative estimate of drug-likeness (QED) is 0.831. The third-order valence-corrected chi connectivity index (χ3v) is 5.06. The van der Waals surface area contributed by atoms with E-state index in [4.69, 9.17) is 0 Å². The van der Waals surface area contributed by atoms with Gasteiger partial charge in [-0.3, -0.25) is 0 Å². The molecule has 0 unspecified atom stereocenters. The average molecular weight is 254 g/mol. The van der Waals surface area contributed by atoms with E-state index in [1.54, 1.807) is 10.4 Å². The van der Waals surface area contributed by atoms with Crippen LogP contribution in [0, 0.1) is 6.92 Å². The molecule has 0 atom stereocenters. The summed E-state index contributed by atoms with van der Waals surface area (Å²) in [7, 11) is -3.37. The van der Waals surface area contributed by atoms with Gasteiger partial charge in [-0.2, -0.15) is 4.31 Å². The molecule has 1 aliphatic rings. The van der Waals surface area contributed by atoms with Crippen LogP contribution in [-0.2, 0) is 10.0 Å². The zero-order chi connectivity index (χ0) is 12.6. The van der Waals surface area contributed by atoms with Gasteiger partial charge in [0.05, 0.1) is 5.69 Å². The first-order valence-electron chi connectivity index (χ1n) is 5.79. The highest BCUT2D eigenvalue weighted by molar-refractivity contribution is 7.89. The number of rotatable bonds is 1. The Labute approximate surface area is 103 Å². The van der Waals surface area contributed by atoms with E-state index in [2.05, 4.69) is 5.32 Å². The van der Waals surface area contributed by atoms with E-state index in [9.17, 15) is 8.42 Å². The van der Waals surface area contributed by atoms with Gasteiger partial charge in [0, 0.05) is 19.1 Å². The van der Waals surface area contributed by atoms with Gasteiger partial charge in [-0.1, -0.05) is 6.07 Å². The van der Waals surface area contributed by atoms with Gasteiger partial charge in [-0.25, -0.2) is 8.42 Å². The summed E-state index contributed by atoms with van der Waals surface area (Å²) in [5.74, 6) is 0. The molecule has 0 amide bonds. The summed E-state index contributed by atoms with van der Waals surface area (Å²) in [4.78, 5) is 0.392. The normalized spacial score (nSPS) is 19.5. The summed E-state index contributed by atoms with van der Waals surface area (Å²) in [6.07, 6.45) is 0. The Morgan fingerprint density at radius 1 is 1.35 bits per heavy atom. The fraction of sp³-hybridized carbons (Fsp3) is 0.500. The van der Waals surface area contributed by atoms with Crippen molar-refractivity contribution in [3.05, 3.63) is 23.8 Å². The summed E-state index contributed by atoms with van der Waals surface area (Å²) >= 11 is 0. The van der Waals surface area contributed by atoms with Crippen LogP contribution < -0.4 is 5.32 Å². The van der Waals surface area contributed by atoms with E-state index < -0.39 is 10.0 Å². The maximum atomic E-state index is 12.5. The van der Waals surface area contributed by atoms with Crippen LogP contribution in [0.1, 0.15) is 19.4 Å². The number of nitrogens with one attached hydrogen (secondary N) is 1. The van der Waals surface area contributed by atoms with Crippen LogP contribution in [0.2, 0.25) is 0 Å². The number of aryl methyl sites for hydroxylation is 1.